The van der Waals surface area contributed by atoms with Gasteiger partial charge >= 0.3 is 0 Å². The van der Waals surface area contributed by atoms with E-state index in [9.17, 15) is 4.79 Å². The summed E-state index contributed by atoms with van der Waals surface area (Å²) in [7, 11) is 1.67. The Balaban J connectivity index is 1.74. The first-order chi connectivity index (χ1) is 13.2. The van der Waals surface area contributed by atoms with E-state index >= 15 is 0 Å². The molecule has 27 heavy (non-hydrogen) atoms. The Morgan fingerprint density at radius 2 is 1.96 bits per heavy atom. The van der Waals surface area contributed by atoms with E-state index in [1.54, 1.807) is 11.8 Å². The molecule has 0 saturated heterocycles. The highest BCUT2D eigenvalue weighted by Gasteiger charge is 2.12. The van der Waals surface area contributed by atoms with Crippen molar-refractivity contribution in [3.05, 3.63) is 76.7 Å². The van der Waals surface area contributed by atoms with Crippen molar-refractivity contribution in [1.29, 1.82) is 0 Å². The Bertz CT molecular complexity index is 1130. The van der Waals surface area contributed by atoms with Gasteiger partial charge in [0.2, 0.25) is 5.95 Å². The van der Waals surface area contributed by atoms with Crippen molar-refractivity contribution < 1.29 is 4.74 Å². The lowest BCUT2D eigenvalue weighted by atomic mass is 10.1. The van der Waals surface area contributed by atoms with Gasteiger partial charge in [-0.25, -0.2) is 4.68 Å². The summed E-state index contributed by atoms with van der Waals surface area (Å²) >= 11 is 0. The normalized spacial score (nSPS) is 12.2. The summed E-state index contributed by atoms with van der Waals surface area (Å²) in [6, 6.07) is 17.4. The van der Waals surface area contributed by atoms with Crippen LogP contribution in [0.3, 0.4) is 0 Å². The predicted molar refractivity (Wildman–Crippen MR) is 105 cm³/mol. The minimum Gasteiger partial charge on any atom is -0.377 e. The molecular weight excluding hydrogens is 342 g/mol. The van der Waals surface area contributed by atoms with Crippen molar-refractivity contribution in [1.82, 2.24) is 19.7 Å². The molecule has 2 aromatic heterocycles. The second-order valence-electron chi connectivity index (χ2n) is 6.17. The summed E-state index contributed by atoms with van der Waals surface area (Å²) in [6.07, 6.45) is 1.50. The molecule has 0 aliphatic heterocycles. The van der Waals surface area contributed by atoms with Gasteiger partial charge in [-0.1, -0.05) is 30.3 Å². The molecule has 2 heterocycles. The van der Waals surface area contributed by atoms with Crippen LogP contribution in [0.5, 0.6) is 0 Å². The number of methoxy groups -OCH3 is 1. The van der Waals surface area contributed by atoms with Gasteiger partial charge in [-0.3, -0.25) is 9.78 Å². The van der Waals surface area contributed by atoms with Gasteiger partial charge < -0.3 is 10.1 Å². The van der Waals surface area contributed by atoms with Crippen molar-refractivity contribution in [2.45, 2.75) is 13.0 Å². The van der Waals surface area contributed by atoms with Crippen molar-refractivity contribution in [2.75, 3.05) is 12.4 Å². The molecule has 0 aliphatic carbocycles. The number of rotatable bonds is 5. The standard InChI is InChI=1S/C20H19N5O2/c1-13(27-2)14-7-6-8-15(11-14)22-20-23-18-17(19(26)24-20)12-21-25(18)16-9-4-3-5-10-16/h3-13H,1-2H3,(H2,22,23,24,26). The largest absolute Gasteiger partial charge is 0.377 e. The molecule has 7 nitrogen and oxygen atoms in total. The van der Waals surface area contributed by atoms with Crippen LogP contribution in [0.25, 0.3) is 16.7 Å². The average molecular weight is 361 g/mol. The molecule has 0 amide bonds. The fourth-order valence-electron chi connectivity index (χ4n) is 2.88. The van der Waals surface area contributed by atoms with E-state index in [0.29, 0.717) is 17.0 Å². The highest BCUT2D eigenvalue weighted by molar-refractivity contribution is 5.76. The number of hydrogen-bond acceptors (Lipinski definition) is 5. The Morgan fingerprint density at radius 3 is 2.74 bits per heavy atom. The molecule has 0 aliphatic rings. The Hall–Kier alpha value is -3.45. The van der Waals surface area contributed by atoms with E-state index in [0.717, 1.165) is 16.9 Å². The number of fused-ring (bicyclic) bond motifs is 1. The van der Waals surface area contributed by atoms with E-state index < -0.39 is 0 Å². The van der Waals surface area contributed by atoms with Gasteiger partial charge in [0.1, 0.15) is 5.39 Å². The summed E-state index contributed by atoms with van der Waals surface area (Å²) in [6.45, 7) is 1.98. The molecule has 2 aromatic carbocycles. The number of anilines is 2. The van der Waals surface area contributed by atoms with Gasteiger partial charge in [-0.15, -0.1) is 0 Å². The fraction of sp³-hybridized carbons (Fsp3) is 0.150. The lowest BCUT2D eigenvalue weighted by Gasteiger charge is -2.12. The van der Waals surface area contributed by atoms with E-state index in [2.05, 4.69) is 20.4 Å². The van der Waals surface area contributed by atoms with Gasteiger partial charge in [0.25, 0.3) is 5.56 Å². The summed E-state index contributed by atoms with van der Waals surface area (Å²) in [4.78, 5) is 19.8. The molecule has 0 bridgehead atoms. The van der Waals surface area contributed by atoms with Crippen LogP contribution in [-0.2, 0) is 4.74 Å². The molecule has 1 unspecified atom stereocenters. The summed E-state index contributed by atoms with van der Waals surface area (Å²) < 4.78 is 7.01. The van der Waals surface area contributed by atoms with E-state index in [1.807, 2.05) is 61.5 Å². The number of H-pyrrole nitrogens is 1. The molecule has 0 spiro atoms. The third-order valence-electron chi connectivity index (χ3n) is 4.41. The number of aromatic amines is 1. The van der Waals surface area contributed by atoms with Gasteiger partial charge in [0.15, 0.2) is 5.65 Å². The van der Waals surface area contributed by atoms with Crippen molar-refractivity contribution >= 4 is 22.7 Å². The number of benzene rings is 2. The topological polar surface area (TPSA) is 84.8 Å². The molecule has 0 fully saturated rings. The second-order valence-corrected chi connectivity index (χ2v) is 6.17. The smallest absolute Gasteiger partial charge is 0.263 e. The van der Waals surface area contributed by atoms with Crippen LogP contribution in [0.4, 0.5) is 11.6 Å². The molecule has 0 radical (unpaired) electrons. The summed E-state index contributed by atoms with van der Waals surface area (Å²) in [5.74, 6) is 0.354. The summed E-state index contributed by atoms with van der Waals surface area (Å²) in [5.41, 5.74) is 2.93. The van der Waals surface area contributed by atoms with Crippen molar-refractivity contribution in [3.63, 3.8) is 0 Å². The zero-order chi connectivity index (χ0) is 18.8. The number of nitrogens with one attached hydrogen (secondary N) is 2. The van der Waals surface area contributed by atoms with Gasteiger partial charge in [0, 0.05) is 12.8 Å². The lowest BCUT2D eigenvalue weighted by Crippen LogP contribution is -2.12. The number of para-hydroxylation sites is 1. The third-order valence-corrected chi connectivity index (χ3v) is 4.41. The first-order valence-corrected chi connectivity index (χ1v) is 8.59. The Labute approximate surface area is 155 Å². The zero-order valence-corrected chi connectivity index (χ0v) is 15.0. The van der Waals surface area contributed by atoms with Crippen LogP contribution in [0.1, 0.15) is 18.6 Å². The molecular formula is C20H19N5O2. The first kappa shape index (κ1) is 17.0. The predicted octanol–water partition coefficient (Wildman–Crippen LogP) is 3.56. The van der Waals surface area contributed by atoms with E-state index in [4.69, 9.17) is 4.74 Å². The highest BCUT2D eigenvalue weighted by Crippen LogP contribution is 2.22. The van der Waals surface area contributed by atoms with Crippen molar-refractivity contribution in [2.24, 2.45) is 0 Å². The summed E-state index contributed by atoms with van der Waals surface area (Å²) in [5, 5.41) is 7.91. The number of aromatic nitrogens is 4. The van der Waals surface area contributed by atoms with Crippen LogP contribution in [0.15, 0.2) is 65.6 Å². The minimum absolute atomic E-state index is 0.0271. The second kappa shape index (κ2) is 7.05. The monoisotopic (exact) mass is 361 g/mol. The first-order valence-electron chi connectivity index (χ1n) is 8.59. The van der Waals surface area contributed by atoms with Gasteiger partial charge in [0.05, 0.1) is 18.0 Å². The number of ether oxygens (including phenoxy) is 1. The molecule has 4 rings (SSSR count). The van der Waals surface area contributed by atoms with Crippen LogP contribution in [0.2, 0.25) is 0 Å². The zero-order valence-electron chi connectivity index (χ0n) is 15.0. The van der Waals surface area contributed by atoms with Crippen LogP contribution >= 0.6 is 0 Å². The van der Waals surface area contributed by atoms with Crippen LogP contribution in [-0.4, -0.2) is 26.9 Å². The minimum atomic E-state index is -0.244. The molecule has 0 saturated carbocycles. The molecule has 136 valence electrons. The van der Waals surface area contributed by atoms with Crippen LogP contribution < -0.4 is 10.9 Å². The van der Waals surface area contributed by atoms with Gasteiger partial charge in [-0.05, 0) is 36.8 Å². The molecule has 4 aromatic rings. The molecule has 7 heteroatoms. The Morgan fingerprint density at radius 1 is 1.15 bits per heavy atom. The maximum Gasteiger partial charge on any atom is 0.263 e. The highest BCUT2D eigenvalue weighted by atomic mass is 16.5. The van der Waals surface area contributed by atoms with E-state index in [1.165, 1.54) is 6.20 Å². The van der Waals surface area contributed by atoms with E-state index in [-0.39, 0.29) is 11.7 Å². The fourth-order valence-corrected chi connectivity index (χ4v) is 2.88. The van der Waals surface area contributed by atoms with Crippen LogP contribution in [0, 0.1) is 0 Å². The average Bonchev–Trinajstić information content (AvgIpc) is 3.13. The number of hydrogen-bond donors (Lipinski definition) is 2. The van der Waals surface area contributed by atoms with Gasteiger partial charge in [-0.2, -0.15) is 10.1 Å². The maximum absolute atomic E-state index is 12.4. The maximum atomic E-state index is 12.4. The van der Waals surface area contributed by atoms with Crippen molar-refractivity contribution in [3.8, 4) is 5.69 Å². The third kappa shape index (κ3) is 3.32. The molecule has 2 N–H and O–H groups in total. The number of nitrogens with zero attached hydrogens (tertiary/aromatic N) is 3. The SMILES string of the molecule is COC(C)c1cccc(Nc2nc3c(cnn3-c3ccccc3)c(=O)[nH]2)c1. The lowest BCUT2D eigenvalue weighted by molar-refractivity contribution is 0.119. The quantitative estimate of drug-likeness (QED) is 0.568. The Kier molecular flexibility index (Phi) is 4.43. The molecule has 1 atom stereocenters.